The van der Waals surface area contributed by atoms with Gasteiger partial charge in [0, 0.05) is 56.4 Å². The number of aromatic nitrogens is 2. The van der Waals surface area contributed by atoms with E-state index in [1.54, 1.807) is 12.4 Å². The number of hydrogen-bond donors (Lipinski definition) is 2. The molecule has 2 aliphatic rings. The van der Waals surface area contributed by atoms with Crippen molar-refractivity contribution in [1.82, 2.24) is 25.7 Å². The Kier molecular flexibility index (Phi) is 6.29. The molecule has 3 unspecified atom stereocenters. The van der Waals surface area contributed by atoms with Crippen molar-refractivity contribution in [2.45, 2.75) is 63.7 Å². The fourth-order valence-corrected chi connectivity index (χ4v) is 4.52. The summed E-state index contributed by atoms with van der Waals surface area (Å²) in [6, 6.07) is 8.85. The van der Waals surface area contributed by atoms with Gasteiger partial charge in [0.25, 0.3) is 0 Å². The predicted molar refractivity (Wildman–Crippen MR) is 108 cm³/mol. The zero-order valence-corrected chi connectivity index (χ0v) is 16.3. The number of nitrogens with zero attached hydrogens (tertiary/aromatic N) is 3. The zero-order valence-electron chi connectivity index (χ0n) is 16.3. The van der Waals surface area contributed by atoms with Crippen LogP contribution in [0.3, 0.4) is 0 Å². The summed E-state index contributed by atoms with van der Waals surface area (Å²) in [5.41, 5.74) is 9.00. The van der Waals surface area contributed by atoms with Gasteiger partial charge in [0.2, 0.25) is 5.91 Å². The highest BCUT2D eigenvalue weighted by atomic mass is 16.2. The lowest BCUT2D eigenvalue weighted by molar-refractivity contribution is -0.132. The molecule has 1 amide bonds. The Hall–Kier alpha value is -2.31. The smallest absolute Gasteiger partial charge is 0.223 e. The molecular formula is C22H29N5O. The summed E-state index contributed by atoms with van der Waals surface area (Å²) in [5.74, 6) is 0.848. The highest BCUT2D eigenvalue weighted by Gasteiger charge is 2.37. The van der Waals surface area contributed by atoms with Crippen LogP contribution in [0.1, 0.15) is 49.7 Å². The van der Waals surface area contributed by atoms with Crippen molar-refractivity contribution in [3.05, 3.63) is 60.2 Å². The Balaban J connectivity index is 1.39. The number of rotatable bonds is 7. The second-order valence-corrected chi connectivity index (χ2v) is 7.96. The summed E-state index contributed by atoms with van der Waals surface area (Å²) in [4.78, 5) is 23.4. The lowest BCUT2D eigenvalue weighted by atomic mass is 9.80. The highest BCUT2D eigenvalue weighted by molar-refractivity contribution is 5.76. The quantitative estimate of drug-likeness (QED) is 0.774. The van der Waals surface area contributed by atoms with Crippen LogP contribution >= 0.6 is 0 Å². The molecule has 4 rings (SSSR count). The topological polar surface area (TPSA) is 70.2 Å². The summed E-state index contributed by atoms with van der Waals surface area (Å²) < 4.78 is 0. The van der Waals surface area contributed by atoms with E-state index in [2.05, 4.69) is 20.8 Å². The van der Waals surface area contributed by atoms with Crippen LogP contribution in [0.2, 0.25) is 0 Å². The maximum Gasteiger partial charge on any atom is 0.223 e. The molecule has 3 atom stereocenters. The van der Waals surface area contributed by atoms with Crippen LogP contribution in [-0.4, -0.2) is 32.9 Å². The van der Waals surface area contributed by atoms with Crippen molar-refractivity contribution in [3.63, 3.8) is 0 Å². The molecule has 2 aromatic heterocycles. The fourth-order valence-electron chi connectivity index (χ4n) is 4.52. The van der Waals surface area contributed by atoms with Gasteiger partial charge in [-0.25, -0.2) is 0 Å². The Morgan fingerprint density at radius 3 is 2.32 bits per heavy atom. The Morgan fingerprint density at radius 1 is 1.00 bits per heavy atom. The minimum absolute atomic E-state index is 0.189. The van der Waals surface area contributed by atoms with E-state index in [0.29, 0.717) is 37.5 Å². The first-order valence-electron chi connectivity index (χ1n) is 10.4. The molecule has 28 heavy (non-hydrogen) atoms. The lowest BCUT2D eigenvalue weighted by Crippen LogP contribution is -2.35. The Labute approximate surface area is 166 Å². The second-order valence-electron chi connectivity index (χ2n) is 7.96. The van der Waals surface area contributed by atoms with Crippen LogP contribution in [-0.2, 0) is 17.9 Å². The number of hydrazine groups is 1. The van der Waals surface area contributed by atoms with Crippen LogP contribution in [0.5, 0.6) is 0 Å². The third kappa shape index (κ3) is 4.75. The molecule has 0 bridgehead atoms. The van der Waals surface area contributed by atoms with E-state index in [1.807, 2.05) is 41.6 Å². The predicted octanol–water partition coefficient (Wildman–Crippen LogP) is 2.82. The van der Waals surface area contributed by atoms with Crippen LogP contribution in [0.4, 0.5) is 0 Å². The fraction of sp³-hybridized carbons (Fsp3) is 0.500. The molecule has 148 valence electrons. The molecule has 6 heteroatoms. The summed E-state index contributed by atoms with van der Waals surface area (Å²) in [6.45, 7) is 1.15. The zero-order chi connectivity index (χ0) is 19.2. The van der Waals surface area contributed by atoms with Crippen molar-refractivity contribution in [1.29, 1.82) is 0 Å². The molecule has 6 nitrogen and oxygen atoms in total. The standard InChI is InChI=1S/C22H29N5O/c28-22(10-9-21-19-7-1-2-8-20(19)25-26-21)27(15-17-5-3-11-23-13-17)16-18-6-4-12-24-14-18/h3-6,11-14,19-21,25-26H,1-2,7-10,15-16H2. The number of carbonyl (C=O) groups is 1. The van der Waals surface area contributed by atoms with E-state index < -0.39 is 0 Å². The SMILES string of the molecule is O=C(CCC1NNC2CCCCC21)N(Cc1cccnc1)Cc1cccnc1. The first-order chi connectivity index (χ1) is 13.8. The van der Waals surface area contributed by atoms with Crippen molar-refractivity contribution in [2.24, 2.45) is 5.92 Å². The van der Waals surface area contributed by atoms with Gasteiger partial charge in [-0.3, -0.25) is 25.6 Å². The maximum atomic E-state index is 13.1. The van der Waals surface area contributed by atoms with Crippen LogP contribution in [0.15, 0.2) is 49.1 Å². The Bertz CT molecular complexity index is 713. The molecule has 1 saturated carbocycles. The highest BCUT2D eigenvalue weighted by Crippen LogP contribution is 2.31. The van der Waals surface area contributed by atoms with Gasteiger partial charge in [-0.1, -0.05) is 25.0 Å². The molecule has 0 aromatic carbocycles. The minimum atomic E-state index is 0.189. The Morgan fingerprint density at radius 2 is 1.68 bits per heavy atom. The van der Waals surface area contributed by atoms with Gasteiger partial charge in [-0.05, 0) is 48.4 Å². The summed E-state index contributed by atoms with van der Waals surface area (Å²) in [5, 5.41) is 0. The van der Waals surface area contributed by atoms with Gasteiger partial charge in [-0.2, -0.15) is 0 Å². The van der Waals surface area contributed by atoms with Gasteiger partial charge in [0.05, 0.1) is 0 Å². The van der Waals surface area contributed by atoms with E-state index >= 15 is 0 Å². The van der Waals surface area contributed by atoms with Crippen LogP contribution in [0.25, 0.3) is 0 Å². The third-order valence-corrected chi connectivity index (χ3v) is 6.00. The van der Waals surface area contributed by atoms with E-state index in [1.165, 1.54) is 25.7 Å². The van der Waals surface area contributed by atoms with Gasteiger partial charge in [-0.15, -0.1) is 0 Å². The minimum Gasteiger partial charge on any atom is -0.334 e. The molecule has 2 N–H and O–H groups in total. The van der Waals surface area contributed by atoms with Gasteiger partial charge in [0.1, 0.15) is 0 Å². The van der Waals surface area contributed by atoms with Crippen molar-refractivity contribution < 1.29 is 4.79 Å². The number of nitrogens with one attached hydrogen (secondary N) is 2. The van der Waals surface area contributed by atoms with Gasteiger partial charge >= 0.3 is 0 Å². The molecule has 1 saturated heterocycles. The number of carbonyl (C=O) groups excluding carboxylic acids is 1. The van der Waals surface area contributed by atoms with E-state index in [0.717, 1.165) is 17.5 Å². The van der Waals surface area contributed by atoms with Gasteiger partial charge in [0.15, 0.2) is 0 Å². The molecule has 1 aliphatic heterocycles. The lowest BCUT2D eigenvalue weighted by Gasteiger charge is -2.28. The largest absolute Gasteiger partial charge is 0.334 e. The maximum absolute atomic E-state index is 13.1. The number of fused-ring (bicyclic) bond motifs is 1. The molecule has 2 aromatic rings. The van der Waals surface area contributed by atoms with Crippen molar-refractivity contribution >= 4 is 5.91 Å². The molecule has 0 spiro atoms. The second kappa shape index (κ2) is 9.26. The summed E-state index contributed by atoms with van der Waals surface area (Å²) >= 11 is 0. The van der Waals surface area contributed by atoms with E-state index in [-0.39, 0.29) is 5.91 Å². The molecule has 0 radical (unpaired) electrons. The van der Waals surface area contributed by atoms with Crippen LogP contribution < -0.4 is 10.9 Å². The number of hydrogen-bond acceptors (Lipinski definition) is 5. The molecule has 1 aliphatic carbocycles. The van der Waals surface area contributed by atoms with Crippen molar-refractivity contribution in [2.75, 3.05) is 0 Å². The van der Waals surface area contributed by atoms with Crippen LogP contribution in [0, 0.1) is 5.92 Å². The van der Waals surface area contributed by atoms with Gasteiger partial charge < -0.3 is 4.90 Å². The van der Waals surface area contributed by atoms with E-state index in [9.17, 15) is 4.79 Å². The normalized spacial score (nSPS) is 23.9. The molecular weight excluding hydrogens is 350 g/mol. The first-order valence-corrected chi connectivity index (χ1v) is 10.4. The van der Waals surface area contributed by atoms with Crippen molar-refractivity contribution in [3.8, 4) is 0 Å². The third-order valence-electron chi connectivity index (χ3n) is 6.00. The first kappa shape index (κ1) is 19.0. The summed E-state index contributed by atoms with van der Waals surface area (Å²) in [7, 11) is 0. The van der Waals surface area contributed by atoms with E-state index in [4.69, 9.17) is 0 Å². The monoisotopic (exact) mass is 379 g/mol. The average Bonchev–Trinajstić information content (AvgIpc) is 3.16. The number of pyridine rings is 2. The molecule has 3 heterocycles. The average molecular weight is 380 g/mol. The number of amides is 1. The summed E-state index contributed by atoms with van der Waals surface area (Å²) in [6.07, 6.45) is 13.7. The molecule has 2 fully saturated rings.